The molecule has 0 aromatic heterocycles. The van der Waals surface area contributed by atoms with Crippen LogP contribution in [0.15, 0.2) is 30.3 Å². The summed E-state index contributed by atoms with van der Waals surface area (Å²) >= 11 is 0. The van der Waals surface area contributed by atoms with Crippen molar-refractivity contribution in [2.24, 2.45) is 5.92 Å². The van der Waals surface area contributed by atoms with E-state index < -0.39 is 9.84 Å². The van der Waals surface area contributed by atoms with Crippen LogP contribution in [0.25, 0.3) is 0 Å². The molecule has 0 radical (unpaired) electrons. The van der Waals surface area contributed by atoms with Gasteiger partial charge in [-0.1, -0.05) is 57.0 Å². The standard InChI is InChI=1S/C20H35N3O3S/c1-5-18(6-2)19(23(3)4)15-22-20(24)21-13-10-14-27(25,26)16-17-11-8-7-9-12-17/h7-9,11-12,18-19H,5-6,10,13-16H2,1-4H3,(H2,21,22,24)/t19-/m0/s1. The average molecular weight is 398 g/mol. The van der Waals surface area contributed by atoms with E-state index in [0.717, 1.165) is 18.4 Å². The van der Waals surface area contributed by atoms with Crippen molar-refractivity contribution in [2.45, 2.75) is 44.9 Å². The van der Waals surface area contributed by atoms with E-state index in [0.29, 0.717) is 25.4 Å². The third-order valence-corrected chi connectivity index (χ3v) is 6.56. The monoisotopic (exact) mass is 397 g/mol. The van der Waals surface area contributed by atoms with Gasteiger partial charge in [0.2, 0.25) is 0 Å². The minimum Gasteiger partial charge on any atom is -0.338 e. The molecule has 0 bridgehead atoms. The number of nitrogens with zero attached hydrogens (tertiary/aromatic N) is 1. The van der Waals surface area contributed by atoms with E-state index in [9.17, 15) is 13.2 Å². The predicted octanol–water partition coefficient (Wildman–Crippen LogP) is 2.66. The summed E-state index contributed by atoms with van der Waals surface area (Å²) in [7, 11) is 0.890. The number of amides is 2. The maximum atomic E-state index is 12.1. The van der Waals surface area contributed by atoms with Crippen molar-refractivity contribution in [1.29, 1.82) is 0 Å². The Kier molecular flexibility index (Phi) is 10.4. The molecule has 0 spiro atoms. The Bertz CT molecular complexity index is 644. The van der Waals surface area contributed by atoms with Crippen LogP contribution >= 0.6 is 0 Å². The lowest BCUT2D eigenvalue weighted by Crippen LogP contribution is -2.47. The fraction of sp³-hybridized carbons (Fsp3) is 0.650. The van der Waals surface area contributed by atoms with Crippen molar-refractivity contribution in [1.82, 2.24) is 15.5 Å². The second-order valence-electron chi connectivity index (χ2n) is 7.18. The van der Waals surface area contributed by atoms with E-state index in [1.807, 2.05) is 44.4 Å². The van der Waals surface area contributed by atoms with Gasteiger partial charge in [0.15, 0.2) is 9.84 Å². The smallest absolute Gasteiger partial charge is 0.314 e. The minimum atomic E-state index is -3.17. The summed E-state index contributed by atoms with van der Waals surface area (Å²) in [5.41, 5.74) is 0.791. The van der Waals surface area contributed by atoms with Crippen LogP contribution in [0, 0.1) is 5.92 Å². The normalized spacial score (nSPS) is 13.0. The van der Waals surface area contributed by atoms with Crippen molar-refractivity contribution >= 4 is 15.9 Å². The van der Waals surface area contributed by atoms with Crippen molar-refractivity contribution in [2.75, 3.05) is 32.9 Å². The molecule has 1 atom stereocenters. The number of benzene rings is 1. The van der Waals surface area contributed by atoms with Crippen LogP contribution in [0.2, 0.25) is 0 Å². The molecule has 0 saturated carbocycles. The predicted molar refractivity (Wildman–Crippen MR) is 111 cm³/mol. The van der Waals surface area contributed by atoms with E-state index in [1.54, 1.807) is 0 Å². The second-order valence-corrected chi connectivity index (χ2v) is 9.36. The molecule has 0 fully saturated rings. The number of urea groups is 1. The first-order valence-electron chi connectivity index (χ1n) is 9.71. The topological polar surface area (TPSA) is 78.5 Å². The van der Waals surface area contributed by atoms with Crippen LogP contribution in [0.4, 0.5) is 4.79 Å². The molecular weight excluding hydrogens is 362 g/mol. The lowest BCUT2D eigenvalue weighted by atomic mass is 9.93. The van der Waals surface area contributed by atoms with Crippen LogP contribution in [0.1, 0.15) is 38.7 Å². The van der Waals surface area contributed by atoms with Gasteiger partial charge in [-0.25, -0.2) is 13.2 Å². The summed E-state index contributed by atoms with van der Waals surface area (Å²) in [6.45, 7) is 5.26. The Morgan fingerprint density at radius 1 is 1.07 bits per heavy atom. The van der Waals surface area contributed by atoms with Crippen LogP contribution in [-0.2, 0) is 15.6 Å². The quantitative estimate of drug-likeness (QED) is 0.532. The molecule has 0 aliphatic rings. The van der Waals surface area contributed by atoms with Crippen LogP contribution < -0.4 is 10.6 Å². The Hall–Kier alpha value is -1.60. The zero-order valence-electron chi connectivity index (χ0n) is 17.1. The Morgan fingerprint density at radius 3 is 2.26 bits per heavy atom. The molecule has 0 unspecified atom stereocenters. The first-order chi connectivity index (χ1) is 12.8. The number of hydrogen-bond donors (Lipinski definition) is 2. The zero-order valence-corrected chi connectivity index (χ0v) is 17.9. The van der Waals surface area contributed by atoms with Gasteiger partial charge >= 0.3 is 6.03 Å². The van der Waals surface area contributed by atoms with Crippen molar-refractivity contribution < 1.29 is 13.2 Å². The molecule has 1 aromatic rings. The molecule has 154 valence electrons. The number of carbonyl (C=O) groups is 1. The van der Waals surface area contributed by atoms with Gasteiger partial charge in [-0.2, -0.15) is 0 Å². The molecule has 0 aliphatic carbocycles. The van der Waals surface area contributed by atoms with Gasteiger partial charge in [0.25, 0.3) is 0 Å². The number of nitrogens with one attached hydrogen (secondary N) is 2. The molecule has 2 N–H and O–H groups in total. The third-order valence-electron chi connectivity index (χ3n) is 4.88. The Morgan fingerprint density at radius 2 is 1.70 bits per heavy atom. The number of carbonyl (C=O) groups excluding carboxylic acids is 1. The highest BCUT2D eigenvalue weighted by Crippen LogP contribution is 2.16. The Balaban J connectivity index is 2.32. The fourth-order valence-electron chi connectivity index (χ4n) is 3.26. The molecule has 1 rings (SSSR count). The molecule has 0 heterocycles. The fourth-order valence-corrected chi connectivity index (χ4v) is 4.69. The first kappa shape index (κ1) is 23.4. The van der Waals surface area contributed by atoms with Crippen molar-refractivity contribution in [3.8, 4) is 0 Å². The van der Waals surface area contributed by atoms with Gasteiger partial charge < -0.3 is 15.5 Å². The number of rotatable bonds is 12. The molecule has 1 aromatic carbocycles. The highest BCUT2D eigenvalue weighted by molar-refractivity contribution is 7.90. The molecule has 2 amide bonds. The van der Waals surface area contributed by atoms with Gasteiger partial charge in [-0.3, -0.25) is 0 Å². The first-order valence-corrected chi connectivity index (χ1v) is 11.5. The van der Waals surface area contributed by atoms with Gasteiger partial charge in [0.05, 0.1) is 11.5 Å². The summed E-state index contributed by atoms with van der Waals surface area (Å²) in [6, 6.07) is 9.20. The van der Waals surface area contributed by atoms with E-state index in [-0.39, 0.29) is 23.6 Å². The highest BCUT2D eigenvalue weighted by atomic mass is 32.2. The second kappa shape index (κ2) is 12.0. The highest BCUT2D eigenvalue weighted by Gasteiger charge is 2.21. The van der Waals surface area contributed by atoms with Gasteiger partial charge in [-0.15, -0.1) is 0 Å². The average Bonchev–Trinajstić information content (AvgIpc) is 2.62. The minimum absolute atomic E-state index is 0.0416. The number of sulfone groups is 1. The maximum Gasteiger partial charge on any atom is 0.314 e. The molecule has 6 nitrogen and oxygen atoms in total. The summed E-state index contributed by atoms with van der Waals surface area (Å²) < 4.78 is 24.3. The lowest BCUT2D eigenvalue weighted by molar-refractivity contribution is 0.190. The molecule has 7 heteroatoms. The summed E-state index contributed by atoms with van der Waals surface area (Å²) in [5.74, 6) is 0.638. The van der Waals surface area contributed by atoms with E-state index in [2.05, 4.69) is 29.4 Å². The number of hydrogen-bond acceptors (Lipinski definition) is 4. The maximum absolute atomic E-state index is 12.1. The van der Waals surface area contributed by atoms with E-state index in [1.165, 1.54) is 0 Å². The number of likely N-dealkylation sites (N-methyl/N-ethyl adjacent to an activating group) is 1. The lowest BCUT2D eigenvalue weighted by Gasteiger charge is -2.31. The zero-order chi connectivity index (χ0) is 20.3. The summed E-state index contributed by atoms with van der Waals surface area (Å²) in [5, 5.41) is 5.66. The largest absolute Gasteiger partial charge is 0.338 e. The van der Waals surface area contributed by atoms with Gasteiger partial charge in [-0.05, 0) is 32.0 Å². The van der Waals surface area contributed by atoms with Crippen LogP contribution in [0.3, 0.4) is 0 Å². The van der Waals surface area contributed by atoms with Gasteiger partial charge in [0, 0.05) is 19.1 Å². The Labute approximate surface area is 164 Å². The van der Waals surface area contributed by atoms with E-state index in [4.69, 9.17) is 0 Å². The molecule has 0 aliphatic heterocycles. The summed E-state index contributed by atoms with van der Waals surface area (Å²) in [4.78, 5) is 14.1. The van der Waals surface area contributed by atoms with E-state index >= 15 is 0 Å². The van der Waals surface area contributed by atoms with Crippen LogP contribution in [-0.4, -0.2) is 58.3 Å². The van der Waals surface area contributed by atoms with Crippen molar-refractivity contribution in [3.63, 3.8) is 0 Å². The summed E-state index contributed by atoms with van der Waals surface area (Å²) in [6.07, 6.45) is 2.55. The SMILES string of the molecule is CCC(CC)[C@H](CNC(=O)NCCCS(=O)(=O)Cc1ccccc1)N(C)C. The molecular formula is C20H35N3O3S. The molecule has 0 saturated heterocycles. The third kappa shape index (κ3) is 9.24. The molecule has 27 heavy (non-hydrogen) atoms. The van der Waals surface area contributed by atoms with Crippen molar-refractivity contribution in [3.05, 3.63) is 35.9 Å². The van der Waals surface area contributed by atoms with Crippen LogP contribution in [0.5, 0.6) is 0 Å². The van der Waals surface area contributed by atoms with Gasteiger partial charge in [0.1, 0.15) is 0 Å².